The Balaban J connectivity index is 1.12. The Morgan fingerprint density at radius 2 is 1.78 bits per heavy atom. The first-order chi connectivity index (χ1) is 23.4. The van der Waals surface area contributed by atoms with Gasteiger partial charge in [0.2, 0.25) is 11.8 Å². The number of para-hydroxylation sites is 1. The Bertz CT molecular complexity index is 1800. The summed E-state index contributed by atoms with van der Waals surface area (Å²) in [5.41, 5.74) is 12.5. The van der Waals surface area contributed by atoms with Crippen LogP contribution in [0.5, 0.6) is 5.75 Å². The number of piperazine rings is 1. The second kappa shape index (κ2) is 14.1. The Morgan fingerprint density at radius 1 is 1.06 bits per heavy atom. The molecule has 13 heteroatoms. The second-order valence-corrected chi connectivity index (χ2v) is 14.7. The number of phenols is 1. The SMILES string of the molecule is Cc1ncsc1-c1ccc(CNC(=O)[C@@H]2C[C@@H](O)CN2C(=O)[C@@H](N2CCN(c3cc(-c4ccccc4O)nnc3N)CC2)C(C)(C)C)cc1. The fourth-order valence-electron chi connectivity index (χ4n) is 6.88. The first-order valence-electron chi connectivity index (χ1n) is 16.6. The number of carbonyl (C=O) groups excluding carboxylic acids is 2. The molecule has 2 amide bonds. The van der Waals surface area contributed by atoms with E-state index in [9.17, 15) is 19.8 Å². The van der Waals surface area contributed by atoms with Crippen molar-refractivity contribution in [2.24, 2.45) is 5.41 Å². The number of anilines is 2. The number of nitrogens with two attached hydrogens (primary N) is 1. The molecule has 0 bridgehead atoms. The average molecular weight is 685 g/mol. The third kappa shape index (κ3) is 7.38. The van der Waals surface area contributed by atoms with Crippen LogP contribution in [0.1, 0.15) is 38.4 Å². The Hall–Kier alpha value is -4.59. The summed E-state index contributed by atoms with van der Waals surface area (Å²) in [5.74, 6) is -0.0271. The third-order valence-electron chi connectivity index (χ3n) is 9.35. The van der Waals surface area contributed by atoms with Crippen LogP contribution in [0.4, 0.5) is 11.5 Å². The minimum atomic E-state index is -0.778. The van der Waals surface area contributed by atoms with Crippen molar-refractivity contribution in [1.82, 2.24) is 30.3 Å². The number of amides is 2. The molecule has 0 unspecified atom stereocenters. The van der Waals surface area contributed by atoms with E-state index in [1.54, 1.807) is 34.4 Å². The maximum Gasteiger partial charge on any atom is 0.243 e. The fraction of sp³-hybridized carbons (Fsp3) is 0.417. The summed E-state index contributed by atoms with van der Waals surface area (Å²) in [5, 5.41) is 32.4. The molecule has 2 aromatic heterocycles. The molecule has 0 aliphatic carbocycles. The predicted molar refractivity (Wildman–Crippen MR) is 191 cm³/mol. The van der Waals surface area contributed by atoms with Crippen molar-refractivity contribution in [2.75, 3.05) is 43.4 Å². The van der Waals surface area contributed by atoms with E-state index in [0.29, 0.717) is 49.8 Å². The number of phenolic OH excluding ortho intramolecular Hbond substituents is 1. The zero-order valence-corrected chi connectivity index (χ0v) is 29.2. The Kier molecular flexibility index (Phi) is 9.87. The van der Waals surface area contributed by atoms with E-state index in [1.165, 1.54) is 0 Å². The largest absolute Gasteiger partial charge is 0.507 e. The van der Waals surface area contributed by atoms with Crippen LogP contribution >= 0.6 is 11.3 Å². The van der Waals surface area contributed by atoms with Crippen LogP contribution in [0.2, 0.25) is 0 Å². The van der Waals surface area contributed by atoms with Gasteiger partial charge in [0.25, 0.3) is 0 Å². The lowest BCUT2D eigenvalue weighted by Crippen LogP contribution is -2.61. The molecule has 0 radical (unpaired) electrons. The van der Waals surface area contributed by atoms with Gasteiger partial charge in [-0.3, -0.25) is 14.5 Å². The molecule has 258 valence electrons. The van der Waals surface area contributed by atoms with Gasteiger partial charge in [-0.1, -0.05) is 57.2 Å². The number of aromatic hydroxyl groups is 1. The lowest BCUT2D eigenvalue weighted by atomic mass is 9.84. The monoisotopic (exact) mass is 684 g/mol. The van der Waals surface area contributed by atoms with Gasteiger partial charge in [-0.25, -0.2) is 4.98 Å². The summed E-state index contributed by atoms with van der Waals surface area (Å²) in [6.07, 6.45) is -0.584. The smallest absolute Gasteiger partial charge is 0.243 e. The van der Waals surface area contributed by atoms with Crippen LogP contribution in [0.3, 0.4) is 0 Å². The van der Waals surface area contributed by atoms with E-state index in [4.69, 9.17) is 5.73 Å². The first-order valence-corrected chi connectivity index (χ1v) is 17.4. The van der Waals surface area contributed by atoms with Crippen LogP contribution in [0.15, 0.2) is 60.1 Å². The van der Waals surface area contributed by atoms with E-state index >= 15 is 0 Å². The second-order valence-electron chi connectivity index (χ2n) is 13.9. The predicted octanol–water partition coefficient (Wildman–Crippen LogP) is 3.68. The van der Waals surface area contributed by atoms with Crippen LogP contribution in [0, 0.1) is 12.3 Å². The molecule has 2 aromatic carbocycles. The molecule has 2 aliphatic rings. The van der Waals surface area contributed by atoms with Gasteiger partial charge in [0.15, 0.2) is 5.82 Å². The maximum atomic E-state index is 14.4. The number of nitrogen functional groups attached to an aromatic ring is 1. The van der Waals surface area contributed by atoms with Crippen molar-refractivity contribution >= 4 is 34.7 Å². The average Bonchev–Trinajstić information content (AvgIpc) is 3.69. The Morgan fingerprint density at radius 3 is 2.43 bits per heavy atom. The number of thiazole rings is 1. The lowest BCUT2D eigenvalue weighted by molar-refractivity contribution is -0.146. The topological polar surface area (TPSA) is 161 Å². The summed E-state index contributed by atoms with van der Waals surface area (Å²) in [7, 11) is 0. The summed E-state index contributed by atoms with van der Waals surface area (Å²) < 4.78 is 0. The highest BCUT2D eigenvalue weighted by atomic mass is 32.1. The summed E-state index contributed by atoms with van der Waals surface area (Å²) >= 11 is 1.60. The minimum absolute atomic E-state index is 0.111. The Labute approximate surface area is 290 Å². The van der Waals surface area contributed by atoms with Crippen molar-refractivity contribution < 1.29 is 19.8 Å². The molecule has 6 rings (SSSR count). The quantitative estimate of drug-likeness (QED) is 0.216. The number of aliphatic hydroxyl groups excluding tert-OH is 1. The molecule has 0 spiro atoms. The number of rotatable bonds is 8. The number of aryl methyl sites for hydroxylation is 1. The molecule has 3 atom stereocenters. The minimum Gasteiger partial charge on any atom is -0.507 e. The maximum absolute atomic E-state index is 14.4. The number of nitrogens with zero attached hydrogens (tertiary/aromatic N) is 6. The number of β-amino-alcohol motifs (C(OH)–C–C–N with tert-alkyl or cyclic N) is 1. The molecule has 12 nitrogen and oxygen atoms in total. The van der Waals surface area contributed by atoms with Crippen LogP contribution < -0.4 is 16.0 Å². The van der Waals surface area contributed by atoms with Gasteiger partial charge >= 0.3 is 0 Å². The lowest BCUT2D eigenvalue weighted by Gasteiger charge is -2.45. The van der Waals surface area contributed by atoms with E-state index in [0.717, 1.165) is 27.4 Å². The molecule has 49 heavy (non-hydrogen) atoms. The number of likely N-dealkylation sites (tertiary alicyclic amines) is 1. The highest BCUT2D eigenvalue weighted by Gasteiger charge is 2.46. The zero-order valence-electron chi connectivity index (χ0n) is 28.3. The molecule has 2 fully saturated rings. The van der Waals surface area contributed by atoms with Gasteiger partial charge in [0.05, 0.1) is 39.6 Å². The summed E-state index contributed by atoms with van der Waals surface area (Å²) in [6, 6.07) is 15.5. The van der Waals surface area contributed by atoms with Crippen molar-refractivity contribution in [3.8, 4) is 27.4 Å². The number of hydrogen-bond donors (Lipinski definition) is 4. The highest BCUT2D eigenvalue weighted by Crippen LogP contribution is 2.34. The van der Waals surface area contributed by atoms with Gasteiger partial charge in [-0.15, -0.1) is 21.5 Å². The number of aromatic nitrogens is 3. The van der Waals surface area contributed by atoms with Crippen LogP contribution in [-0.4, -0.2) is 97.9 Å². The van der Waals surface area contributed by atoms with Crippen LogP contribution in [-0.2, 0) is 16.1 Å². The molecule has 4 heterocycles. The van der Waals surface area contributed by atoms with Gasteiger partial charge in [-0.05, 0) is 41.7 Å². The molecule has 2 aliphatic heterocycles. The van der Waals surface area contributed by atoms with Crippen LogP contribution in [0.25, 0.3) is 21.7 Å². The number of hydrogen-bond acceptors (Lipinski definition) is 11. The number of nitrogens with one attached hydrogen (secondary N) is 1. The normalized spacial score (nSPS) is 19.2. The van der Waals surface area contributed by atoms with Crippen molar-refractivity contribution in [2.45, 2.75) is 58.8 Å². The summed E-state index contributed by atoms with van der Waals surface area (Å²) in [6.45, 7) is 10.8. The van der Waals surface area contributed by atoms with Crippen molar-refractivity contribution in [3.63, 3.8) is 0 Å². The zero-order chi connectivity index (χ0) is 34.9. The van der Waals surface area contributed by atoms with Gasteiger partial charge < -0.3 is 31.1 Å². The molecule has 5 N–H and O–H groups in total. The number of benzene rings is 2. The van der Waals surface area contributed by atoms with E-state index in [1.807, 2.05) is 69.6 Å². The number of carbonyl (C=O) groups is 2. The van der Waals surface area contributed by atoms with E-state index in [-0.39, 0.29) is 30.5 Å². The first kappa shape index (κ1) is 34.3. The molecular formula is C36H44N8O4S. The van der Waals surface area contributed by atoms with Gasteiger partial charge in [0.1, 0.15) is 11.8 Å². The third-order valence-corrected chi connectivity index (χ3v) is 10.3. The molecule has 4 aromatic rings. The molecule has 0 saturated carbocycles. The number of aliphatic hydroxyl groups is 1. The van der Waals surface area contributed by atoms with Crippen molar-refractivity contribution in [3.05, 3.63) is 71.4 Å². The van der Waals surface area contributed by atoms with Crippen molar-refractivity contribution in [1.29, 1.82) is 0 Å². The van der Waals surface area contributed by atoms with E-state index < -0.39 is 23.6 Å². The summed E-state index contributed by atoms with van der Waals surface area (Å²) in [4.78, 5) is 39.2. The van der Waals surface area contributed by atoms with Gasteiger partial charge in [-0.2, -0.15) is 0 Å². The fourth-order valence-corrected chi connectivity index (χ4v) is 7.70. The molecule has 2 saturated heterocycles. The van der Waals surface area contributed by atoms with E-state index in [2.05, 4.69) is 30.3 Å². The molecular weight excluding hydrogens is 641 g/mol. The van der Waals surface area contributed by atoms with Gasteiger partial charge in [0, 0.05) is 51.3 Å². The highest BCUT2D eigenvalue weighted by molar-refractivity contribution is 7.13. The standard InChI is InChI=1S/C36H44N8O4S/c1-22-31(49-21-39-22)24-11-9-23(10-12-24)19-38-34(47)29-17-25(45)20-44(29)35(48)32(36(2,3)4)43-15-13-42(14-16-43)28-18-27(40-41-33(28)37)26-7-5-6-8-30(26)46/h5-12,18,21,25,29,32,45-46H,13-17,19-20H2,1-4H3,(H2,37,41)(H,38,47)/t25-,29+,32-/m1/s1.